The highest BCUT2D eigenvalue weighted by molar-refractivity contribution is 9.09. The zero-order valence-corrected chi connectivity index (χ0v) is 30.8. The Balaban J connectivity index is 1.40. The number of allylic oxidation sites excluding steroid dienone is 1. The van der Waals surface area contributed by atoms with Gasteiger partial charge in [-0.1, -0.05) is 112 Å². The van der Waals surface area contributed by atoms with Crippen LogP contribution < -0.4 is 10.2 Å². The summed E-state index contributed by atoms with van der Waals surface area (Å²) >= 11 is 10.4. The minimum absolute atomic E-state index is 0.0757. The first kappa shape index (κ1) is 37.5. The van der Waals surface area contributed by atoms with E-state index in [0.29, 0.717) is 28.3 Å². The molecular formula is C40H41BrClN3O7. The lowest BCUT2D eigenvalue weighted by atomic mass is 9.70. The standard InChI is InChI=1S/C40H41BrClN3O7/c1-3-5-20-32(47)51-24-29(25-14-8-6-9-15-25)43-37(48)33-34-38(49)45(31(23-46)26-16-10-7-11-17-26)36(40(34)22-27(41)35(33)52-40)39(50)44(21-4-2)30-19-13-12-18-28(30)42/h3-4,6-19,27,29,31,33-36,46H,1-2,5,20-24H2,(H,43,48)/t27?,29-,31+,33-,34+,35-,36-,40+/m0/s1. The Morgan fingerprint density at radius 2 is 1.69 bits per heavy atom. The van der Waals surface area contributed by atoms with E-state index >= 15 is 4.79 Å². The molecule has 8 atom stereocenters. The summed E-state index contributed by atoms with van der Waals surface area (Å²) in [6, 6.07) is 22.1. The van der Waals surface area contributed by atoms with Crippen molar-refractivity contribution in [2.45, 2.75) is 53.9 Å². The number of aliphatic hydroxyl groups excluding tert-OH is 1. The van der Waals surface area contributed by atoms with Gasteiger partial charge in [0, 0.05) is 17.8 Å². The number of nitrogens with zero attached hydrogens (tertiary/aromatic N) is 2. The molecule has 3 saturated heterocycles. The highest BCUT2D eigenvalue weighted by Gasteiger charge is 2.77. The van der Waals surface area contributed by atoms with Gasteiger partial charge in [0.25, 0.3) is 5.91 Å². The number of hydrogen-bond acceptors (Lipinski definition) is 7. The molecule has 1 unspecified atom stereocenters. The predicted octanol–water partition coefficient (Wildman–Crippen LogP) is 5.71. The fourth-order valence-corrected chi connectivity index (χ4v) is 9.09. The van der Waals surface area contributed by atoms with E-state index in [9.17, 15) is 19.5 Å². The fourth-order valence-electron chi connectivity index (χ4n) is 7.91. The van der Waals surface area contributed by atoms with Gasteiger partial charge in [0.05, 0.1) is 47.3 Å². The number of anilines is 1. The van der Waals surface area contributed by atoms with Crippen LogP contribution in [0, 0.1) is 11.8 Å². The number of benzene rings is 3. The van der Waals surface area contributed by atoms with Gasteiger partial charge in [-0.3, -0.25) is 19.2 Å². The van der Waals surface area contributed by atoms with Crippen molar-refractivity contribution in [2.75, 3.05) is 24.7 Å². The molecule has 1 spiro atoms. The van der Waals surface area contributed by atoms with Crippen molar-refractivity contribution in [2.24, 2.45) is 11.8 Å². The van der Waals surface area contributed by atoms with Gasteiger partial charge < -0.3 is 29.7 Å². The van der Waals surface area contributed by atoms with E-state index in [4.69, 9.17) is 21.1 Å². The second-order valence-electron chi connectivity index (χ2n) is 13.2. The van der Waals surface area contributed by atoms with Crippen LogP contribution in [-0.4, -0.2) is 76.0 Å². The smallest absolute Gasteiger partial charge is 0.306 e. The van der Waals surface area contributed by atoms with Crippen LogP contribution in [0.25, 0.3) is 0 Å². The second-order valence-corrected chi connectivity index (χ2v) is 14.8. The molecule has 0 aromatic heterocycles. The molecule has 0 aliphatic carbocycles. The molecule has 0 radical (unpaired) electrons. The molecular weight excluding hydrogens is 750 g/mol. The molecule has 3 heterocycles. The van der Waals surface area contributed by atoms with Crippen molar-refractivity contribution in [3.8, 4) is 0 Å². The van der Waals surface area contributed by atoms with Crippen LogP contribution in [-0.2, 0) is 28.7 Å². The third kappa shape index (κ3) is 6.94. The Bertz CT molecular complexity index is 1810. The lowest BCUT2D eigenvalue weighted by Crippen LogP contribution is -2.58. The highest BCUT2D eigenvalue weighted by atomic mass is 79.9. The zero-order chi connectivity index (χ0) is 37.0. The van der Waals surface area contributed by atoms with Crippen molar-refractivity contribution in [3.63, 3.8) is 0 Å². The van der Waals surface area contributed by atoms with E-state index in [1.807, 2.05) is 36.4 Å². The molecule has 3 aliphatic rings. The summed E-state index contributed by atoms with van der Waals surface area (Å²) in [6.45, 7) is 6.97. The Morgan fingerprint density at radius 1 is 1.04 bits per heavy atom. The van der Waals surface area contributed by atoms with Gasteiger partial charge in [-0.15, -0.1) is 13.2 Å². The van der Waals surface area contributed by atoms with E-state index in [0.717, 1.165) is 0 Å². The molecule has 2 N–H and O–H groups in total. The van der Waals surface area contributed by atoms with Crippen LogP contribution in [0.15, 0.2) is 110 Å². The number of fused-ring (bicyclic) bond motifs is 1. The molecule has 10 nitrogen and oxygen atoms in total. The molecule has 3 fully saturated rings. The normalized spacial score (nSPS) is 25.6. The van der Waals surface area contributed by atoms with Crippen molar-refractivity contribution in [1.29, 1.82) is 0 Å². The Kier molecular flexibility index (Phi) is 11.6. The molecule has 3 aliphatic heterocycles. The first-order chi connectivity index (χ1) is 25.2. The van der Waals surface area contributed by atoms with Gasteiger partial charge in [-0.25, -0.2) is 0 Å². The van der Waals surface area contributed by atoms with Crippen LogP contribution in [0.1, 0.15) is 42.5 Å². The molecule has 3 aromatic rings. The number of alkyl halides is 1. The summed E-state index contributed by atoms with van der Waals surface area (Å²) < 4.78 is 12.3. The van der Waals surface area contributed by atoms with Gasteiger partial charge in [0.15, 0.2) is 0 Å². The van der Waals surface area contributed by atoms with E-state index in [-0.39, 0.29) is 30.8 Å². The van der Waals surface area contributed by atoms with Crippen LogP contribution >= 0.6 is 27.5 Å². The summed E-state index contributed by atoms with van der Waals surface area (Å²) in [5.74, 6) is -3.95. The van der Waals surface area contributed by atoms with Crippen LogP contribution in [0.2, 0.25) is 5.02 Å². The molecule has 3 amide bonds. The van der Waals surface area contributed by atoms with E-state index in [1.54, 1.807) is 60.7 Å². The number of aliphatic hydroxyl groups is 1. The largest absolute Gasteiger partial charge is 0.463 e. The Morgan fingerprint density at radius 3 is 2.33 bits per heavy atom. The van der Waals surface area contributed by atoms with Gasteiger partial charge >= 0.3 is 5.97 Å². The average molecular weight is 791 g/mol. The number of rotatable bonds is 15. The maximum atomic E-state index is 15.1. The van der Waals surface area contributed by atoms with E-state index < -0.39 is 72.0 Å². The number of esters is 1. The molecule has 272 valence electrons. The number of halogens is 2. The molecule has 3 aromatic carbocycles. The molecule has 2 bridgehead atoms. The summed E-state index contributed by atoms with van der Waals surface area (Å²) in [6.07, 6.45) is 3.31. The third-order valence-electron chi connectivity index (χ3n) is 10.2. The maximum absolute atomic E-state index is 15.1. The van der Waals surface area contributed by atoms with Crippen LogP contribution in [0.3, 0.4) is 0 Å². The van der Waals surface area contributed by atoms with Crippen molar-refractivity contribution >= 4 is 56.9 Å². The van der Waals surface area contributed by atoms with Crippen molar-refractivity contribution in [1.82, 2.24) is 10.2 Å². The van der Waals surface area contributed by atoms with Crippen LogP contribution in [0.4, 0.5) is 5.69 Å². The van der Waals surface area contributed by atoms with Crippen molar-refractivity contribution in [3.05, 3.63) is 126 Å². The van der Waals surface area contributed by atoms with Crippen molar-refractivity contribution < 1.29 is 33.8 Å². The quantitative estimate of drug-likeness (QED) is 0.115. The summed E-state index contributed by atoms with van der Waals surface area (Å²) in [5, 5.41) is 14.3. The molecule has 0 saturated carbocycles. The Hall–Kier alpha value is -4.29. The Labute approximate surface area is 316 Å². The topological polar surface area (TPSA) is 125 Å². The first-order valence-electron chi connectivity index (χ1n) is 17.2. The number of hydrogen-bond donors (Lipinski definition) is 2. The predicted molar refractivity (Wildman–Crippen MR) is 201 cm³/mol. The number of carbonyl (C=O) groups is 4. The molecule has 6 rings (SSSR count). The van der Waals surface area contributed by atoms with E-state index in [2.05, 4.69) is 34.4 Å². The van der Waals surface area contributed by atoms with E-state index in [1.165, 1.54) is 9.80 Å². The molecule has 12 heteroatoms. The minimum Gasteiger partial charge on any atom is -0.463 e. The maximum Gasteiger partial charge on any atom is 0.306 e. The SMILES string of the molecule is C=CCCC(=O)OC[C@H](NC(=O)[C@@H]1[C@H]2O[C@@]3(CC2Br)[C@H](C(=O)N(CC=C)c2ccccc2Cl)N([C@H](CO)c2ccccc2)C(=O)[C@@H]13)c1ccccc1. The number of nitrogens with one attached hydrogen (secondary N) is 1. The number of amides is 3. The van der Waals surface area contributed by atoms with Gasteiger partial charge in [0.2, 0.25) is 11.8 Å². The summed E-state index contributed by atoms with van der Waals surface area (Å²) in [7, 11) is 0. The molecule has 52 heavy (non-hydrogen) atoms. The monoisotopic (exact) mass is 789 g/mol. The van der Waals surface area contributed by atoms with Crippen LogP contribution in [0.5, 0.6) is 0 Å². The number of para-hydroxylation sites is 1. The summed E-state index contributed by atoms with van der Waals surface area (Å²) in [5.41, 5.74) is 0.316. The average Bonchev–Trinajstić information content (AvgIpc) is 3.76. The zero-order valence-electron chi connectivity index (χ0n) is 28.5. The summed E-state index contributed by atoms with van der Waals surface area (Å²) in [4.78, 5) is 59.6. The second kappa shape index (κ2) is 16.2. The lowest BCUT2D eigenvalue weighted by Gasteiger charge is -2.39. The number of carbonyl (C=O) groups excluding carboxylic acids is 4. The van der Waals surface area contributed by atoms with Gasteiger partial charge in [-0.2, -0.15) is 0 Å². The van der Waals surface area contributed by atoms with Gasteiger partial charge in [-0.05, 0) is 36.1 Å². The highest BCUT2D eigenvalue weighted by Crippen LogP contribution is 2.61. The fraction of sp³-hybridized carbons (Fsp3) is 0.350. The minimum atomic E-state index is -1.43. The van der Waals surface area contributed by atoms with Gasteiger partial charge in [0.1, 0.15) is 18.2 Å². The lowest BCUT2D eigenvalue weighted by molar-refractivity contribution is -0.146. The number of likely N-dealkylation sites (tertiary alicyclic amines) is 1. The number of ether oxygens (including phenoxy) is 2. The first-order valence-corrected chi connectivity index (χ1v) is 18.5. The third-order valence-corrected chi connectivity index (χ3v) is 11.3.